The monoisotopic (exact) mass is 470 g/mol. The molecule has 3 aromatic rings. The highest BCUT2D eigenvalue weighted by Gasteiger charge is 2.35. The number of carbonyl (C=O) groups is 2. The van der Waals surface area contributed by atoms with Crippen LogP contribution >= 0.6 is 23.2 Å². The Balaban J connectivity index is 1.29. The molecular weight excluding hydrogens is 451 g/mol. The van der Waals surface area contributed by atoms with Crippen LogP contribution in [0.1, 0.15) is 42.1 Å². The molecule has 0 spiro atoms. The average Bonchev–Trinajstić information content (AvgIpc) is 3.31. The van der Waals surface area contributed by atoms with E-state index in [9.17, 15) is 9.59 Å². The molecule has 1 aliphatic carbocycles. The normalized spacial score (nSPS) is 18.1. The maximum atomic E-state index is 13.0. The molecule has 2 heterocycles. The van der Waals surface area contributed by atoms with Crippen molar-refractivity contribution in [2.24, 2.45) is 0 Å². The van der Waals surface area contributed by atoms with Crippen LogP contribution in [0.2, 0.25) is 10.0 Å². The van der Waals surface area contributed by atoms with Crippen molar-refractivity contribution in [3.8, 4) is 11.4 Å². The molecule has 1 saturated carbocycles. The molecule has 8 nitrogen and oxygen atoms in total. The van der Waals surface area contributed by atoms with E-state index in [0.29, 0.717) is 40.3 Å². The predicted octanol–water partition coefficient (Wildman–Crippen LogP) is 4.23. The van der Waals surface area contributed by atoms with Gasteiger partial charge in [0.05, 0.1) is 16.6 Å². The van der Waals surface area contributed by atoms with Crippen LogP contribution in [0.3, 0.4) is 0 Å². The van der Waals surface area contributed by atoms with Gasteiger partial charge in [-0.2, -0.15) is 0 Å². The second kappa shape index (κ2) is 8.52. The molecule has 2 aliphatic rings. The van der Waals surface area contributed by atoms with E-state index in [2.05, 4.69) is 20.8 Å². The van der Waals surface area contributed by atoms with E-state index in [1.165, 1.54) is 6.07 Å². The number of anilines is 1. The number of nitrogens with one attached hydrogen (secondary N) is 1. The van der Waals surface area contributed by atoms with E-state index in [-0.39, 0.29) is 11.8 Å². The Kier molecular flexibility index (Phi) is 5.57. The van der Waals surface area contributed by atoms with Gasteiger partial charge in [-0.3, -0.25) is 9.59 Å². The van der Waals surface area contributed by atoms with Crippen LogP contribution in [-0.2, 0) is 4.79 Å². The molecule has 1 aliphatic heterocycles. The number of tetrazole rings is 1. The molecule has 1 aromatic heterocycles. The number of halogens is 2. The fourth-order valence-corrected chi connectivity index (χ4v) is 4.35. The van der Waals surface area contributed by atoms with Crippen molar-refractivity contribution in [3.05, 3.63) is 58.1 Å². The first kappa shape index (κ1) is 20.9. The molecule has 2 fully saturated rings. The maximum Gasteiger partial charge on any atom is 0.256 e. The molecule has 10 heteroatoms. The number of nitrogens with zero attached hydrogens (tertiary/aromatic N) is 5. The van der Waals surface area contributed by atoms with Crippen molar-refractivity contribution >= 4 is 40.7 Å². The van der Waals surface area contributed by atoms with Gasteiger partial charge in [-0.25, -0.2) is 4.68 Å². The largest absolute Gasteiger partial charge is 0.327 e. The lowest BCUT2D eigenvalue weighted by Gasteiger charge is -2.24. The van der Waals surface area contributed by atoms with Gasteiger partial charge < -0.3 is 10.2 Å². The first-order valence-corrected chi connectivity index (χ1v) is 11.2. The SMILES string of the molecule is O=C(Nc1ccc(-c2nnnn2C2CC2)cc1)C1CCCN1C(=O)c1cc(Cl)ccc1Cl. The van der Waals surface area contributed by atoms with Crippen LogP contribution in [0.5, 0.6) is 0 Å². The molecule has 0 bridgehead atoms. The summed E-state index contributed by atoms with van der Waals surface area (Å²) in [6, 6.07) is 11.9. The molecule has 164 valence electrons. The summed E-state index contributed by atoms with van der Waals surface area (Å²) in [6.07, 6.45) is 3.50. The van der Waals surface area contributed by atoms with Crippen LogP contribution in [-0.4, -0.2) is 49.5 Å². The molecule has 1 unspecified atom stereocenters. The number of rotatable bonds is 5. The lowest BCUT2D eigenvalue weighted by molar-refractivity contribution is -0.119. The highest BCUT2D eigenvalue weighted by molar-refractivity contribution is 6.35. The zero-order valence-corrected chi connectivity index (χ0v) is 18.6. The number of benzene rings is 2. The molecule has 5 rings (SSSR count). The van der Waals surface area contributed by atoms with Crippen molar-refractivity contribution in [3.63, 3.8) is 0 Å². The maximum absolute atomic E-state index is 13.0. The highest BCUT2D eigenvalue weighted by atomic mass is 35.5. The fraction of sp³-hybridized carbons (Fsp3) is 0.318. The zero-order valence-electron chi connectivity index (χ0n) is 17.0. The topological polar surface area (TPSA) is 93.0 Å². The Morgan fingerprint density at radius 1 is 1.03 bits per heavy atom. The summed E-state index contributed by atoms with van der Waals surface area (Å²) >= 11 is 12.2. The van der Waals surface area contributed by atoms with Crippen LogP contribution in [0.25, 0.3) is 11.4 Å². The Morgan fingerprint density at radius 2 is 1.81 bits per heavy atom. The third-order valence-corrected chi connectivity index (χ3v) is 6.34. The second-order valence-electron chi connectivity index (χ2n) is 8.03. The van der Waals surface area contributed by atoms with E-state index in [1.807, 2.05) is 28.9 Å². The van der Waals surface area contributed by atoms with E-state index >= 15 is 0 Å². The third kappa shape index (κ3) is 4.08. The molecule has 2 amide bonds. The lowest BCUT2D eigenvalue weighted by atomic mass is 10.1. The van der Waals surface area contributed by atoms with Gasteiger partial charge in [0.15, 0.2) is 5.82 Å². The Labute approximate surface area is 194 Å². The summed E-state index contributed by atoms with van der Waals surface area (Å²) in [5.74, 6) is 0.193. The number of aromatic nitrogens is 4. The second-order valence-corrected chi connectivity index (χ2v) is 8.87. The molecule has 32 heavy (non-hydrogen) atoms. The van der Waals surface area contributed by atoms with Gasteiger partial charge in [0.1, 0.15) is 6.04 Å². The first-order chi connectivity index (χ1) is 15.5. The van der Waals surface area contributed by atoms with E-state index in [1.54, 1.807) is 17.0 Å². The summed E-state index contributed by atoms with van der Waals surface area (Å²) in [7, 11) is 0. The van der Waals surface area contributed by atoms with Crippen molar-refractivity contribution < 1.29 is 9.59 Å². The summed E-state index contributed by atoms with van der Waals surface area (Å²) in [5, 5.41) is 15.6. The third-order valence-electron chi connectivity index (χ3n) is 5.77. The lowest BCUT2D eigenvalue weighted by Crippen LogP contribution is -2.43. The summed E-state index contributed by atoms with van der Waals surface area (Å²) in [4.78, 5) is 27.6. The predicted molar refractivity (Wildman–Crippen MR) is 121 cm³/mol. The van der Waals surface area contributed by atoms with Gasteiger partial charge in [0, 0.05) is 22.8 Å². The number of hydrogen-bond donors (Lipinski definition) is 1. The number of hydrogen-bond acceptors (Lipinski definition) is 5. The summed E-state index contributed by atoms with van der Waals surface area (Å²) < 4.78 is 1.84. The van der Waals surface area contributed by atoms with Gasteiger partial charge >= 0.3 is 0 Å². The van der Waals surface area contributed by atoms with Crippen LogP contribution in [0.4, 0.5) is 5.69 Å². The molecule has 2 aromatic carbocycles. The molecule has 1 saturated heterocycles. The Bertz CT molecular complexity index is 1180. The molecule has 1 N–H and O–H groups in total. The standard InChI is InChI=1S/C22H20Cl2N6O2/c23-14-5-10-18(24)17(12-14)22(32)29-11-1-2-19(29)21(31)25-15-6-3-13(4-7-15)20-26-27-28-30(20)16-8-9-16/h3-7,10,12,16,19H,1-2,8-9,11H2,(H,25,31). The molecular formula is C22H20Cl2N6O2. The Hall–Kier alpha value is -2.97. The Morgan fingerprint density at radius 3 is 2.56 bits per heavy atom. The van der Waals surface area contributed by atoms with E-state index in [4.69, 9.17) is 23.2 Å². The van der Waals surface area contributed by atoms with Crippen molar-refractivity contribution in [1.29, 1.82) is 0 Å². The number of carbonyl (C=O) groups excluding carboxylic acids is 2. The highest BCUT2D eigenvalue weighted by Crippen LogP contribution is 2.36. The van der Waals surface area contributed by atoms with Gasteiger partial charge in [-0.1, -0.05) is 23.2 Å². The average molecular weight is 471 g/mol. The summed E-state index contributed by atoms with van der Waals surface area (Å²) in [6.45, 7) is 0.489. The van der Waals surface area contributed by atoms with Gasteiger partial charge in [-0.15, -0.1) is 5.10 Å². The minimum absolute atomic E-state index is 0.232. The van der Waals surface area contributed by atoms with Crippen LogP contribution in [0, 0.1) is 0 Å². The summed E-state index contributed by atoms with van der Waals surface area (Å²) in [5.41, 5.74) is 1.83. The molecule has 1 atom stereocenters. The minimum Gasteiger partial charge on any atom is -0.327 e. The number of likely N-dealkylation sites (tertiary alicyclic amines) is 1. The van der Waals surface area contributed by atoms with Gasteiger partial charge in [0.2, 0.25) is 5.91 Å². The fourth-order valence-electron chi connectivity index (χ4n) is 3.98. The van der Waals surface area contributed by atoms with Crippen molar-refractivity contribution in [2.75, 3.05) is 11.9 Å². The van der Waals surface area contributed by atoms with Gasteiger partial charge in [0.25, 0.3) is 5.91 Å². The quantitative estimate of drug-likeness (QED) is 0.602. The van der Waals surface area contributed by atoms with Crippen LogP contribution in [0.15, 0.2) is 42.5 Å². The minimum atomic E-state index is -0.570. The van der Waals surface area contributed by atoms with Gasteiger partial charge in [-0.05, 0) is 78.6 Å². The smallest absolute Gasteiger partial charge is 0.256 e. The van der Waals surface area contributed by atoms with Crippen LogP contribution < -0.4 is 5.32 Å². The van der Waals surface area contributed by atoms with E-state index in [0.717, 1.165) is 30.7 Å². The number of amides is 2. The molecule has 0 radical (unpaired) electrons. The first-order valence-electron chi connectivity index (χ1n) is 10.5. The van der Waals surface area contributed by atoms with E-state index < -0.39 is 6.04 Å². The van der Waals surface area contributed by atoms with Crippen molar-refractivity contribution in [1.82, 2.24) is 25.1 Å². The zero-order chi connectivity index (χ0) is 22.2. The van der Waals surface area contributed by atoms with Crippen molar-refractivity contribution in [2.45, 2.75) is 37.8 Å².